The van der Waals surface area contributed by atoms with Gasteiger partial charge in [0.25, 0.3) is 0 Å². The number of aromatic nitrogens is 1. The monoisotopic (exact) mass is 217 g/mol. The number of nitrogens with zero attached hydrogens (tertiary/aromatic N) is 1. The number of hydrogen-bond donors (Lipinski definition) is 1. The summed E-state index contributed by atoms with van der Waals surface area (Å²) in [5.74, 6) is -0.670. The molecule has 2 rings (SSSR count). The molecule has 1 heterocycles. The number of aliphatic hydroxyl groups excluding tert-OH is 1. The Hall–Kier alpha value is -1.94. The van der Waals surface area contributed by atoms with Crippen molar-refractivity contribution in [2.75, 3.05) is 7.11 Å². The van der Waals surface area contributed by atoms with Crippen LogP contribution in [0.1, 0.15) is 11.7 Å². The van der Waals surface area contributed by atoms with Crippen molar-refractivity contribution in [2.45, 2.75) is 6.10 Å². The summed E-state index contributed by atoms with van der Waals surface area (Å²) in [4.78, 5) is 15.4. The first-order chi connectivity index (χ1) is 7.74. The number of methoxy groups -OCH3 is 1. The molecule has 0 radical (unpaired) electrons. The van der Waals surface area contributed by atoms with Gasteiger partial charge in [-0.3, -0.25) is 4.98 Å². The molecule has 0 aliphatic heterocycles. The molecular formula is C12H11NO3. The topological polar surface area (TPSA) is 59.4 Å². The van der Waals surface area contributed by atoms with Gasteiger partial charge in [-0.25, -0.2) is 4.79 Å². The van der Waals surface area contributed by atoms with Crippen molar-refractivity contribution in [2.24, 2.45) is 0 Å². The molecule has 1 atom stereocenters. The number of hydrogen-bond acceptors (Lipinski definition) is 4. The lowest BCUT2D eigenvalue weighted by Crippen LogP contribution is -2.13. The summed E-state index contributed by atoms with van der Waals surface area (Å²) in [7, 11) is 1.24. The Morgan fingerprint density at radius 1 is 1.38 bits per heavy atom. The van der Waals surface area contributed by atoms with Crippen molar-refractivity contribution in [1.29, 1.82) is 0 Å². The summed E-state index contributed by atoms with van der Waals surface area (Å²) >= 11 is 0. The molecule has 1 unspecified atom stereocenters. The summed E-state index contributed by atoms with van der Waals surface area (Å²) < 4.78 is 4.51. The molecule has 1 aromatic carbocycles. The van der Waals surface area contributed by atoms with Gasteiger partial charge in [0.1, 0.15) is 0 Å². The van der Waals surface area contributed by atoms with E-state index in [9.17, 15) is 9.90 Å². The van der Waals surface area contributed by atoms with Crippen molar-refractivity contribution in [1.82, 2.24) is 4.98 Å². The minimum Gasteiger partial charge on any atom is -0.467 e. The number of carbonyl (C=O) groups excluding carboxylic acids is 1. The van der Waals surface area contributed by atoms with Gasteiger partial charge in [-0.05, 0) is 12.1 Å². The Labute approximate surface area is 92.5 Å². The third-order valence-corrected chi connectivity index (χ3v) is 2.40. The second kappa shape index (κ2) is 4.28. The van der Waals surface area contributed by atoms with Gasteiger partial charge >= 0.3 is 5.97 Å². The fraction of sp³-hybridized carbons (Fsp3) is 0.167. The average molecular weight is 217 g/mol. The largest absolute Gasteiger partial charge is 0.467 e. The van der Waals surface area contributed by atoms with Crippen LogP contribution < -0.4 is 0 Å². The van der Waals surface area contributed by atoms with Crippen LogP contribution in [0.5, 0.6) is 0 Å². The van der Waals surface area contributed by atoms with Gasteiger partial charge in [0.15, 0.2) is 6.10 Å². The molecule has 1 aromatic heterocycles. The average Bonchev–Trinajstić information content (AvgIpc) is 2.36. The SMILES string of the molecule is COC(=O)C(O)c1cccc2ncccc12. The highest BCUT2D eigenvalue weighted by Crippen LogP contribution is 2.23. The Bertz CT molecular complexity index is 519. The lowest BCUT2D eigenvalue weighted by Gasteiger charge is -2.10. The predicted molar refractivity (Wildman–Crippen MR) is 58.7 cm³/mol. The Balaban J connectivity index is 2.56. The van der Waals surface area contributed by atoms with Gasteiger partial charge in [-0.2, -0.15) is 0 Å². The number of pyridine rings is 1. The molecule has 2 aromatic rings. The maximum atomic E-state index is 11.3. The third kappa shape index (κ3) is 1.75. The molecule has 4 nitrogen and oxygen atoms in total. The fourth-order valence-corrected chi connectivity index (χ4v) is 1.60. The molecule has 0 fully saturated rings. The highest BCUT2D eigenvalue weighted by Gasteiger charge is 2.19. The molecule has 0 saturated heterocycles. The van der Waals surface area contributed by atoms with Crippen molar-refractivity contribution < 1.29 is 14.6 Å². The molecule has 0 aliphatic carbocycles. The zero-order chi connectivity index (χ0) is 11.5. The van der Waals surface area contributed by atoms with Gasteiger partial charge in [0, 0.05) is 17.1 Å². The normalized spacial score (nSPS) is 12.4. The highest BCUT2D eigenvalue weighted by atomic mass is 16.5. The molecule has 0 spiro atoms. The van der Waals surface area contributed by atoms with E-state index in [1.165, 1.54) is 7.11 Å². The number of rotatable bonds is 2. The van der Waals surface area contributed by atoms with E-state index < -0.39 is 12.1 Å². The summed E-state index contributed by atoms with van der Waals surface area (Å²) in [5.41, 5.74) is 1.25. The van der Waals surface area contributed by atoms with Crippen molar-refractivity contribution in [3.8, 4) is 0 Å². The molecule has 16 heavy (non-hydrogen) atoms. The number of fused-ring (bicyclic) bond motifs is 1. The van der Waals surface area contributed by atoms with Gasteiger partial charge in [0.2, 0.25) is 0 Å². The Morgan fingerprint density at radius 3 is 2.94 bits per heavy atom. The maximum absolute atomic E-state index is 11.3. The van der Waals surface area contributed by atoms with E-state index in [2.05, 4.69) is 9.72 Å². The molecular weight excluding hydrogens is 206 g/mol. The summed E-state index contributed by atoms with van der Waals surface area (Å²) in [6.45, 7) is 0. The van der Waals surface area contributed by atoms with E-state index in [4.69, 9.17) is 0 Å². The first kappa shape index (κ1) is 10.6. The van der Waals surface area contributed by atoms with Crippen molar-refractivity contribution in [3.63, 3.8) is 0 Å². The minimum absolute atomic E-state index is 0.512. The maximum Gasteiger partial charge on any atom is 0.339 e. The van der Waals surface area contributed by atoms with Crippen LogP contribution in [0.2, 0.25) is 0 Å². The summed E-state index contributed by atoms with van der Waals surface area (Å²) in [6.07, 6.45) is 0.397. The highest BCUT2D eigenvalue weighted by molar-refractivity contribution is 5.88. The molecule has 82 valence electrons. The van der Waals surface area contributed by atoms with Crippen LogP contribution in [0.25, 0.3) is 10.9 Å². The van der Waals surface area contributed by atoms with Crippen LogP contribution in [0.4, 0.5) is 0 Å². The van der Waals surface area contributed by atoms with Crippen LogP contribution in [-0.2, 0) is 9.53 Å². The van der Waals surface area contributed by atoms with Crippen LogP contribution in [0, 0.1) is 0 Å². The zero-order valence-corrected chi connectivity index (χ0v) is 8.75. The number of carbonyl (C=O) groups is 1. The molecule has 1 N–H and O–H groups in total. The molecule has 4 heteroatoms. The van der Waals surface area contributed by atoms with E-state index in [0.717, 1.165) is 10.9 Å². The van der Waals surface area contributed by atoms with Crippen molar-refractivity contribution in [3.05, 3.63) is 42.1 Å². The van der Waals surface area contributed by atoms with Crippen LogP contribution >= 0.6 is 0 Å². The van der Waals surface area contributed by atoms with E-state index >= 15 is 0 Å². The predicted octanol–water partition coefficient (Wildman–Crippen LogP) is 1.44. The molecule has 0 bridgehead atoms. The molecule has 0 saturated carbocycles. The fourth-order valence-electron chi connectivity index (χ4n) is 1.60. The second-order valence-electron chi connectivity index (χ2n) is 3.34. The number of aliphatic hydroxyl groups is 1. The van der Waals surface area contributed by atoms with E-state index in [-0.39, 0.29) is 0 Å². The Morgan fingerprint density at radius 2 is 2.19 bits per heavy atom. The Kier molecular flexibility index (Phi) is 2.83. The van der Waals surface area contributed by atoms with Crippen molar-refractivity contribution >= 4 is 16.9 Å². The van der Waals surface area contributed by atoms with Gasteiger partial charge < -0.3 is 9.84 Å². The van der Waals surface area contributed by atoms with Crippen LogP contribution in [0.15, 0.2) is 36.5 Å². The van der Waals surface area contributed by atoms with Gasteiger partial charge in [-0.1, -0.05) is 18.2 Å². The van der Waals surface area contributed by atoms with Crippen LogP contribution in [-0.4, -0.2) is 23.2 Å². The third-order valence-electron chi connectivity index (χ3n) is 2.40. The van der Waals surface area contributed by atoms with Crippen LogP contribution in [0.3, 0.4) is 0 Å². The quantitative estimate of drug-likeness (QED) is 0.773. The smallest absolute Gasteiger partial charge is 0.339 e. The minimum atomic E-state index is -1.27. The first-order valence-electron chi connectivity index (χ1n) is 4.83. The molecule has 0 aliphatic rings. The van der Waals surface area contributed by atoms with Gasteiger partial charge in [0.05, 0.1) is 12.6 Å². The number of benzene rings is 1. The number of esters is 1. The second-order valence-corrected chi connectivity index (χ2v) is 3.34. The molecule has 0 amide bonds. The van der Waals surface area contributed by atoms with Gasteiger partial charge in [-0.15, -0.1) is 0 Å². The summed E-state index contributed by atoms with van der Waals surface area (Å²) in [6, 6.07) is 8.82. The van der Waals surface area contributed by atoms with E-state index in [0.29, 0.717) is 5.56 Å². The summed E-state index contributed by atoms with van der Waals surface area (Å²) in [5, 5.41) is 10.5. The lowest BCUT2D eigenvalue weighted by molar-refractivity contribution is -0.150. The van der Waals surface area contributed by atoms with E-state index in [1.807, 2.05) is 12.1 Å². The number of ether oxygens (including phenoxy) is 1. The van der Waals surface area contributed by atoms with E-state index in [1.54, 1.807) is 24.4 Å². The first-order valence-corrected chi connectivity index (χ1v) is 4.83. The standard InChI is InChI=1S/C12H11NO3/c1-16-12(15)11(14)9-4-2-6-10-8(9)5-3-7-13-10/h2-7,11,14H,1H3. The lowest BCUT2D eigenvalue weighted by atomic mass is 10.0. The zero-order valence-electron chi connectivity index (χ0n) is 8.75.